The van der Waals surface area contributed by atoms with Crippen LogP contribution >= 0.6 is 0 Å². The molecular formula is C17H22N2O3. The molecule has 1 aliphatic carbocycles. The number of amides is 2. The molecule has 1 aromatic carbocycles. The summed E-state index contributed by atoms with van der Waals surface area (Å²) in [6.07, 6.45) is 0.699. The third-order valence-corrected chi connectivity index (χ3v) is 4.28. The van der Waals surface area contributed by atoms with Crippen LogP contribution in [0.5, 0.6) is 0 Å². The number of aryl methyl sites for hydroxylation is 3. The van der Waals surface area contributed by atoms with Crippen molar-refractivity contribution >= 4 is 17.6 Å². The molecule has 1 aliphatic rings. The lowest BCUT2D eigenvalue weighted by Gasteiger charge is -2.16. The van der Waals surface area contributed by atoms with Crippen LogP contribution in [0.1, 0.15) is 41.0 Å². The second-order valence-electron chi connectivity index (χ2n) is 6.09. The van der Waals surface area contributed by atoms with Gasteiger partial charge in [-0.2, -0.15) is 0 Å². The number of nitrogens with two attached hydrogens (primary N) is 1. The van der Waals surface area contributed by atoms with Crippen molar-refractivity contribution in [1.29, 1.82) is 0 Å². The fourth-order valence-corrected chi connectivity index (χ4v) is 3.42. The maximum Gasteiger partial charge on any atom is 0.312 e. The SMILES string of the molecule is Cc1cc(C)c(C2C(=O)CC(CCNC(N)=O)C2=O)c(C)c1. The Hall–Kier alpha value is -2.17. The Morgan fingerprint density at radius 2 is 1.82 bits per heavy atom. The van der Waals surface area contributed by atoms with Gasteiger partial charge in [0.15, 0.2) is 5.78 Å². The van der Waals surface area contributed by atoms with Gasteiger partial charge >= 0.3 is 6.03 Å². The number of Topliss-reactive ketones (excluding diaryl/α,β-unsaturated/α-hetero) is 2. The van der Waals surface area contributed by atoms with Crippen LogP contribution in [0.25, 0.3) is 0 Å². The Bertz CT molecular complexity index is 614. The van der Waals surface area contributed by atoms with Crippen molar-refractivity contribution in [2.24, 2.45) is 11.7 Å². The topological polar surface area (TPSA) is 89.3 Å². The number of benzene rings is 1. The molecule has 2 amide bonds. The largest absolute Gasteiger partial charge is 0.352 e. The van der Waals surface area contributed by atoms with Crippen LogP contribution in [0.4, 0.5) is 4.79 Å². The van der Waals surface area contributed by atoms with Crippen molar-refractivity contribution in [3.8, 4) is 0 Å². The molecule has 2 atom stereocenters. The van der Waals surface area contributed by atoms with E-state index in [4.69, 9.17) is 5.73 Å². The van der Waals surface area contributed by atoms with E-state index in [-0.39, 0.29) is 23.9 Å². The van der Waals surface area contributed by atoms with E-state index in [1.807, 2.05) is 32.9 Å². The highest BCUT2D eigenvalue weighted by Gasteiger charge is 2.42. The summed E-state index contributed by atoms with van der Waals surface area (Å²) < 4.78 is 0. The first kappa shape index (κ1) is 16.2. The van der Waals surface area contributed by atoms with Crippen molar-refractivity contribution in [2.75, 3.05) is 6.54 Å². The highest BCUT2D eigenvalue weighted by Crippen LogP contribution is 2.37. The fourth-order valence-electron chi connectivity index (χ4n) is 3.42. The summed E-state index contributed by atoms with van der Waals surface area (Å²) in [4.78, 5) is 35.7. The zero-order valence-electron chi connectivity index (χ0n) is 13.2. The lowest BCUT2D eigenvalue weighted by Crippen LogP contribution is -2.31. The number of hydrogen-bond donors (Lipinski definition) is 2. The summed E-state index contributed by atoms with van der Waals surface area (Å²) in [5.74, 6) is -1.04. The van der Waals surface area contributed by atoms with Gasteiger partial charge in [0.2, 0.25) is 0 Å². The summed E-state index contributed by atoms with van der Waals surface area (Å²) >= 11 is 0. The molecule has 2 rings (SSSR count). The molecule has 22 heavy (non-hydrogen) atoms. The van der Waals surface area contributed by atoms with Gasteiger partial charge < -0.3 is 11.1 Å². The van der Waals surface area contributed by atoms with Crippen LogP contribution in [0.3, 0.4) is 0 Å². The number of primary amides is 1. The second-order valence-corrected chi connectivity index (χ2v) is 6.09. The van der Waals surface area contributed by atoms with Gasteiger partial charge in [-0.25, -0.2) is 4.79 Å². The van der Waals surface area contributed by atoms with Crippen LogP contribution in [0.15, 0.2) is 12.1 Å². The molecule has 118 valence electrons. The van der Waals surface area contributed by atoms with E-state index < -0.39 is 11.9 Å². The summed E-state index contributed by atoms with van der Waals surface area (Å²) in [6, 6.07) is 3.40. The van der Waals surface area contributed by atoms with Crippen LogP contribution in [-0.4, -0.2) is 24.1 Å². The molecule has 5 heteroatoms. The zero-order chi connectivity index (χ0) is 16.4. The first-order valence-corrected chi connectivity index (χ1v) is 7.48. The van der Waals surface area contributed by atoms with Crippen molar-refractivity contribution in [3.63, 3.8) is 0 Å². The number of carbonyl (C=O) groups is 3. The maximum absolute atomic E-state index is 12.6. The standard InChI is InChI=1S/C17H22N2O3/c1-9-6-10(2)14(11(3)7-9)15-13(20)8-12(16(15)21)4-5-19-17(18)22/h6-7,12,15H,4-5,8H2,1-3H3,(H3,18,19,22). The Kier molecular flexibility index (Phi) is 4.64. The lowest BCUT2D eigenvalue weighted by atomic mass is 9.86. The summed E-state index contributed by atoms with van der Waals surface area (Å²) in [5.41, 5.74) is 8.96. The smallest absolute Gasteiger partial charge is 0.312 e. The minimum Gasteiger partial charge on any atom is -0.352 e. The fraction of sp³-hybridized carbons (Fsp3) is 0.471. The van der Waals surface area contributed by atoms with Crippen LogP contribution in [0, 0.1) is 26.7 Å². The number of rotatable bonds is 4. The molecule has 3 N–H and O–H groups in total. The number of nitrogens with one attached hydrogen (secondary N) is 1. The molecule has 0 radical (unpaired) electrons. The van der Waals surface area contributed by atoms with Crippen LogP contribution < -0.4 is 11.1 Å². The van der Waals surface area contributed by atoms with Crippen molar-refractivity contribution in [1.82, 2.24) is 5.32 Å². The first-order valence-electron chi connectivity index (χ1n) is 7.48. The monoisotopic (exact) mass is 302 g/mol. The molecule has 1 fully saturated rings. The van der Waals surface area contributed by atoms with Crippen LogP contribution in [-0.2, 0) is 9.59 Å². The van der Waals surface area contributed by atoms with E-state index >= 15 is 0 Å². The summed E-state index contributed by atoms with van der Waals surface area (Å²) in [7, 11) is 0. The average molecular weight is 302 g/mol. The molecule has 5 nitrogen and oxygen atoms in total. The normalized spacial score (nSPS) is 21.2. The van der Waals surface area contributed by atoms with Gasteiger partial charge in [0.1, 0.15) is 11.7 Å². The number of hydrogen-bond acceptors (Lipinski definition) is 3. The highest BCUT2D eigenvalue weighted by molar-refractivity contribution is 6.15. The average Bonchev–Trinajstić information content (AvgIpc) is 2.65. The molecular weight excluding hydrogens is 280 g/mol. The molecule has 0 heterocycles. The van der Waals surface area contributed by atoms with Gasteiger partial charge in [0.05, 0.1) is 0 Å². The summed E-state index contributed by atoms with van der Waals surface area (Å²) in [5, 5.41) is 2.47. The van der Waals surface area contributed by atoms with Crippen molar-refractivity contribution in [2.45, 2.75) is 39.5 Å². The van der Waals surface area contributed by atoms with Crippen molar-refractivity contribution in [3.05, 3.63) is 34.4 Å². The third-order valence-electron chi connectivity index (χ3n) is 4.28. The Morgan fingerprint density at radius 3 is 2.36 bits per heavy atom. The van der Waals surface area contributed by atoms with Gasteiger partial charge in [0.25, 0.3) is 0 Å². The minimum atomic E-state index is -0.654. The van der Waals surface area contributed by atoms with Gasteiger partial charge in [-0.05, 0) is 43.9 Å². The van der Waals surface area contributed by atoms with E-state index in [1.165, 1.54) is 0 Å². The highest BCUT2D eigenvalue weighted by atomic mass is 16.2. The molecule has 0 aromatic heterocycles. The third kappa shape index (κ3) is 3.18. The molecule has 0 bridgehead atoms. The molecule has 2 unspecified atom stereocenters. The van der Waals surface area contributed by atoms with Gasteiger partial charge in [-0.3, -0.25) is 9.59 Å². The number of ketones is 2. The lowest BCUT2D eigenvalue weighted by molar-refractivity contribution is -0.124. The number of carbonyl (C=O) groups excluding carboxylic acids is 3. The second kappa shape index (κ2) is 6.30. The molecule has 0 saturated heterocycles. The zero-order valence-corrected chi connectivity index (χ0v) is 13.2. The van der Waals surface area contributed by atoms with Gasteiger partial charge in [-0.1, -0.05) is 17.7 Å². The van der Waals surface area contributed by atoms with E-state index in [2.05, 4.69) is 5.32 Å². The van der Waals surface area contributed by atoms with Gasteiger partial charge in [-0.15, -0.1) is 0 Å². The van der Waals surface area contributed by atoms with Crippen molar-refractivity contribution < 1.29 is 14.4 Å². The maximum atomic E-state index is 12.6. The molecule has 1 saturated carbocycles. The van der Waals surface area contributed by atoms with E-state index in [9.17, 15) is 14.4 Å². The van der Waals surface area contributed by atoms with E-state index in [0.717, 1.165) is 22.3 Å². The van der Waals surface area contributed by atoms with E-state index in [1.54, 1.807) is 0 Å². The van der Waals surface area contributed by atoms with E-state index in [0.29, 0.717) is 13.0 Å². The first-order chi connectivity index (χ1) is 10.3. The minimum absolute atomic E-state index is 0.0240. The predicted molar refractivity (Wildman–Crippen MR) is 83.7 cm³/mol. The Balaban J connectivity index is 2.21. The Labute approximate surface area is 130 Å². The van der Waals surface area contributed by atoms with Gasteiger partial charge in [0, 0.05) is 18.9 Å². The molecule has 1 aromatic rings. The Morgan fingerprint density at radius 1 is 1.23 bits per heavy atom. The molecule has 0 spiro atoms. The van der Waals surface area contributed by atoms with Crippen LogP contribution in [0.2, 0.25) is 0 Å². The quantitative estimate of drug-likeness (QED) is 0.833. The number of urea groups is 1. The predicted octanol–water partition coefficient (Wildman–Crippen LogP) is 1.91. The molecule has 0 aliphatic heterocycles. The summed E-state index contributed by atoms with van der Waals surface area (Å²) in [6.45, 7) is 6.20.